The molecule has 36 heavy (non-hydrogen) atoms. The first-order valence-corrected chi connectivity index (χ1v) is 11.1. The zero-order valence-electron chi connectivity index (χ0n) is 19.2. The van der Waals surface area contributed by atoms with Gasteiger partial charge in [-0.3, -0.25) is 19.2 Å². The summed E-state index contributed by atoms with van der Waals surface area (Å²) in [7, 11) is 3.01. The number of aromatic nitrogens is 2. The topological polar surface area (TPSA) is 127 Å². The molecule has 0 saturated heterocycles. The number of hydrogen-bond donors (Lipinski definition) is 1. The van der Waals surface area contributed by atoms with Crippen LogP contribution in [0.1, 0.15) is 43.3 Å². The van der Waals surface area contributed by atoms with Crippen LogP contribution in [0.25, 0.3) is 0 Å². The maximum Gasteiger partial charge on any atom is 0.253 e. The third-order valence-corrected chi connectivity index (χ3v) is 5.82. The normalized spacial score (nSPS) is 10.6. The van der Waals surface area contributed by atoms with Gasteiger partial charge in [-0.15, -0.1) is 0 Å². The molecule has 3 aromatic rings. The second kappa shape index (κ2) is 11.2. The molecule has 0 fully saturated rings. The number of Topliss-reactive ketones (excluding diaryl/α,β-unsaturated/α-hetero) is 1. The summed E-state index contributed by atoms with van der Waals surface area (Å²) >= 11 is 11.8. The molecule has 0 aliphatic carbocycles. The Balaban J connectivity index is 2.11. The van der Waals surface area contributed by atoms with Crippen LogP contribution in [0.5, 0.6) is 0 Å². The van der Waals surface area contributed by atoms with E-state index in [1.165, 1.54) is 67.8 Å². The smallest absolute Gasteiger partial charge is 0.253 e. The van der Waals surface area contributed by atoms with Crippen molar-refractivity contribution in [3.05, 3.63) is 87.2 Å². The van der Waals surface area contributed by atoms with Gasteiger partial charge in [-0.25, -0.2) is 14.4 Å². The number of nitrogens with two attached hydrogens (primary N) is 1. The van der Waals surface area contributed by atoms with Gasteiger partial charge in [-0.2, -0.15) is 0 Å². The van der Waals surface area contributed by atoms with Crippen LogP contribution in [-0.4, -0.2) is 52.5 Å². The van der Waals surface area contributed by atoms with E-state index in [0.29, 0.717) is 0 Å². The van der Waals surface area contributed by atoms with Crippen molar-refractivity contribution in [2.75, 3.05) is 19.0 Å². The number of ketones is 1. The van der Waals surface area contributed by atoms with Crippen LogP contribution in [0.15, 0.2) is 48.8 Å². The molecular formula is C24H20Cl2FN5O4. The van der Waals surface area contributed by atoms with E-state index in [1.54, 1.807) is 0 Å². The van der Waals surface area contributed by atoms with E-state index >= 15 is 0 Å². The number of carbonyl (C=O) groups is 4. The van der Waals surface area contributed by atoms with Crippen LogP contribution in [0.2, 0.25) is 10.0 Å². The first kappa shape index (κ1) is 26.7. The van der Waals surface area contributed by atoms with Crippen molar-refractivity contribution in [1.82, 2.24) is 14.9 Å². The largest absolute Gasteiger partial charge is 0.366 e. The number of primary amides is 1. The van der Waals surface area contributed by atoms with Crippen LogP contribution in [0.4, 0.5) is 10.1 Å². The number of nitrogens with zero attached hydrogens (tertiary/aromatic N) is 4. The Hall–Kier alpha value is -3.89. The summed E-state index contributed by atoms with van der Waals surface area (Å²) in [5.74, 6) is -3.83. The minimum Gasteiger partial charge on any atom is -0.366 e. The maximum absolute atomic E-state index is 14.9. The molecule has 0 aliphatic rings. The molecule has 0 spiro atoms. The van der Waals surface area contributed by atoms with Crippen molar-refractivity contribution >= 4 is 52.4 Å². The van der Waals surface area contributed by atoms with Crippen LogP contribution in [0, 0.1) is 5.82 Å². The molecular weight excluding hydrogens is 512 g/mol. The lowest BCUT2D eigenvalue weighted by atomic mass is 10.1. The highest BCUT2D eigenvalue weighted by Gasteiger charge is 2.25. The summed E-state index contributed by atoms with van der Waals surface area (Å²) in [6.07, 6.45) is 2.02. The molecule has 1 aromatic heterocycles. The second-order valence-corrected chi connectivity index (χ2v) is 8.60. The van der Waals surface area contributed by atoms with Crippen LogP contribution in [-0.2, 0) is 11.3 Å². The number of hydrogen-bond acceptors (Lipinski definition) is 6. The van der Waals surface area contributed by atoms with Crippen molar-refractivity contribution in [2.45, 2.75) is 13.0 Å². The molecule has 12 heteroatoms. The Labute approximate surface area is 215 Å². The number of halogens is 3. The van der Waals surface area contributed by atoms with Gasteiger partial charge in [0.05, 0.1) is 23.0 Å². The van der Waals surface area contributed by atoms with Crippen LogP contribution >= 0.6 is 23.2 Å². The van der Waals surface area contributed by atoms with Gasteiger partial charge in [0.15, 0.2) is 5.82 Å². The van der Waals surface area contributed by atoms with Gasteiger partial charge >= 0.3 is 0 Å². The lowest BCUT2D eigenvalue weighted by Crippen LogP contribution is -2.33. The molecule has 0 atom stereocenters. The van der Waals surface area contributed by atoms with Gasteiger partial charge in [0.1, 0.15) is 5.82 Å². The zero-order valence-corrected chi connectivity index (χ0v) is 20.7. The maximum atomic E-state index is 14.9. The van der Waals surface area contributed by atoms with Gasteiger partial charge in [0.2, 0.25) is 17.6 Å². The Morgan fingerprint density at radius 3 is 2.25 bits per heavy atom. The Kier molecular flexibility index (Phi) is 8.33. The fourth-order valence-corrected chi connectivity index (χ4v) is 3.56. The van der Waals surface area contributed by atoms with Gasteiger partial charge in [0, 0.05) is 48.9 Å². The average molecular weight is 532 g/mol. The Morgan fingerprint density at radius 2 is 1.64 bits per heavy atom. The quantitative estimate of drug-likeness (QED) is 0.269. The predicted molar refractivity (Wildman–Crippen MR) is 132 cm³/mol. The SMILES string of the molecule is CN(C)C(=O)c1cc(C(N)=O)cc(N(Cc2ccc(Cl)c(Cl)c2F)C(=O)CC(=O)c2ncccn2)c1. The summed E-state index contributed by atoms with van der Waals surface area (Å²) < 4.78 is 14.9. The number of anilines is 1. The third-order valence-electron chi connectivity index (χ3n) is 5.04. The minimum atomic E-state index is -0.865. The monoisotopic (exact) mass is 531 g/mol. The van der Waals surface area contributed by atoms with Crippen molar-refractivity contribution < 1.29 is 23.6 Å². The van der Waals surface area contributed by atoms with Crippen LogP contribution < -0.4 is 10.6 Å². The first-order valence-electron chi connectivity index (χ1n) is 10.4. The molecule has 9 nitrogen and oxygen atoms in total. The number of carbonyl (C=O) groups excluding carboxylic acids is 4. The summed E-state index contributed by atoms with van der Waals surface area (Å²) in [6, 6.07) is 8.08. The van der Waals surface area contributed by atoms with E-state index in [1.807, 2.05) is 0 Å². The highest BCUT2D eigenvalue weighted by Crippen LogP contribution is 2.30. The van der Waals surface area contributed by atoms with E-state index in [4.69, 9.17) is 28.9 Å². The molecule has 3 rings (SSSR count). The van der Waals surface area contributed by atoms with Crippen molar-refractivity contribution in [2.24, 2.45) is 5.73 Å². The zero-order chi connectivity index (χ0) is 26.6. The highest BCUT2D eigenvalue weighted by atomic mass is 35.5. The second-order valence-electron chi connectivity index (χ2n) is 7.82. The highest BCUT2D eigenvalue weighted by molar-refractivity contribution is 6.42. The minimum absolute atomic E-state index is 0.0221. The Morgan fingerprint density at radius 1 is 1.00 bits per heavy atom. The third kappa shape index (κ3) is 6.02. The molecule has 0 radical (unpaired) electrons. The summed E-state index contributed by atoms with van der Waals surface area (Å²) in [5.41, 5.74) is 5.44. The number of rotatable bonds is 8. The lowest BCUT2D eigenvalue weighted by molar-refractivity contribution is -0.117. The van der Waals surface area contributed by atoms with Gasteiger partial charge in [0.25, 0.3) is 5.91 Å². The average Bonchev–Trinajstić information content (AvgIpc) is 2.86. The molecule has 2 aromatic carbocycles. The van der Waals surface area contributed by atoms with E-state index in [0.717, 1.165) is 4.90 Å². The van der Waals surface area contributed by atoms with Gasteiger partial charge in [-0.1, -0.05) is 29.3 Å². The van der Waals surface area contributed by atoms with Crippen molar-refractivity contribution in [3.63, 3.8) is 0 Å². The van der Waals surface area contributed by atoms with Crippen molar-refractivity contribution in [3.8, 4) is 0 Å². The van der Waals surface area contributed by atoms with Crippen LogP contribution in [0.3, 0.4) is 0 Å². The lowest BCUT2D eigenvalue weighted by Gasteiger charge is -2.25. The first-order chi connectivity index (χ1) is 17.0. The standard InChI is InChI=1S/C24H20Cl2FN5O4/c1-31(2)24(36)15-8-14(22(28)35)9-16(10-15)32(12-13-4-5-17(25)20(26)21(13)27)19(34)11-18(33)23-29-6-3-7-30-23/h3-10H,11-12H2,1-2H3,(H2,28,35). The predicted octanol–water partition coefficient (Wildman–Crippen LogP) is 3.53. The summed E-state index contributed by atoms with van der Waals surface area (Å²) in [5, 5.41) is -0.369. The molecule has 0 saturated carbocycles. The Bertz CT molecular complexity index is 1350. The molecule has 0 bridgehead atoms. The van der Waals surface area contributed by atoms with Crippen molar-refractivity contribution in [1.29, 1.82) is 0 Å². The molecule has 3 amide bonds. The number of benzene rings is 2. The molecule has 0 aliphatic heterocycles. The molecule has 0 unspecified atom stereocenters. The fraction of sp³-hybridized carbons (Fsp3) is 0.167. The van der Waals surface area contributed by atoms with E-state index in [9.17, 15) is 23.6 Å². The van der Waals surface area contributed by atoms with E-state index < -0.39 is 42.3 Å². The summed E-state index contributed by atoms with van der Waals surface area (Å²) in [6.45, 7) is -0.401. The molecule has 186 valence electrons. The van der Waals surface area contributed by atoms with Gasteiger partial charge < -0.3 is 15.5 Å². The van der Waals surface area contributed by atoms with E-state index in [-0.39, 0.29) is 38.2 Å². The summed E-state index contributed by atoms with van der Waals surface area (Å²) in [4.78, 5) is 60.6. The fourth-order valence-electron chi connectivity index (χ4n) is 3.23. The van der Waals surface area contributed by atoms with E-state index in [2.05, 4.69) is 9.97 Å². The molecule has 2 N–H and O–H groups in total. The van der Waals surface area contributed by atoms with Gasteiger partial charge in [-0.05, 0) is 30.3 Å². The molecule has 1 heterocycles. The number of amides is 3.